The van der Waals surface area contributed by atoms with Crippen LogP contribution in [0.2, 0.25) is 0 Å². The van der Waals surface area contributed by atoms with Crippen LogP contribution in [-0.2, 0) is 11.3 Å². The number of amides is 1. The number of aromatic nitrogens is 3. The van der Waals surface area contributed by atoms with E-state index in [0.717, 1.165) is 66.3 Å². The van der Waals surface area contributed by atoms with Gasteiger partial charge in [-0.2, -0.15) is 0 Å². The van der Waals surface area contributed by atoms with Crippen LogP contribution in [0.4, 0.5) is 17.3 Å². The zero-order valence-electron chi connectivity index (χ0n) is 24.0. The largest absolute Gasteiger partial charge is 0.386 e. The minimum absolute atomic E-state index is 0.191. The number of aryl methyl sites for hydroxylation is 1. The number of pyridine rings is 1. The number of carbonyl (C=O) groups excluding carboxylic acids is 1. The van der Waals surface area contributed by atoms with Crippen molar-refractivity contribution in [3.63, 3.8) is 0 Å². The van der Waals surface area contributed by atoms with Crippen LogP contribution in [0, 0.1) is 12.3 Å². The summed E-state index contributed by atoms with van der Waals surface area (Å²) in [4.78, 5) is 30.7. The van der Waals surface area contributed by atoms with Crippen LogP contribution < -0.4 is 20.9 Å². The molecule has 0 saturated carbocycles. The second kappa shape index (κ2) is 12.7. The predicted molar refractivity (Wildman–Crippen MR) is 161 cm³/mol. The van der Waals surface area contributed by atoms with Crippen LogP contribution in [-0.4, -0.2) is 70.7 Å². The van der Waals surface area contributed by atoms with Crippen LogP contribution in [0.5, 0.6) is 0 Å². The summed E-state index contributed by atoms with van der Waals surface area (Å²) < 4.78 is 0. The Bertz CT molecular complexity index is 1350. The number of hydrogen-bond acceptors (Lipinski definition) is 9. The van der Waals surface area contributed by atoms with E-state index in [0.29, 0.717) is 12.4 Å². The monoisotopic (exact) mass is 541 g/mol. The molecule has 0 bridgehead atoms. The van der Waals surface area contributed by atoms with Gasteiger partial charge in [0.15, 0.2) is 0 Å². The van der Waals surface area contributed by atoms with E-state index in [-0.39, 0.29) is 17.0 Å². The number of piperazine rings is 1. The third-order valence-electron chi connectivity index (χ3n) is 6.70. The molecular formula is C30H39N9O. The van der Waals surface area contributed by atoms with Gasteiger partial charge in [0.05, 0.1) is 23.2 Å². The van der Waals surface area contributed by atoms with Gasteiger partial charge in [0, 0.05) is 62.3 Å². The lowest BCUT2D eigenvalue weighted by atomic mass is 10.0. The Hall–Kier alpha value is -4.31. The summed E-state index contributed by atoms with van der Waals surface area (Å²) in [7, 11) is 2.15. The third-order valence-corrected chi connectivity index (χ3v) is 6.70. The highest BCUT2D eigenvalue weighted by Gasteiger charge is 2.15. The second-order valence-corrected chi connectivity index (χ2v) is 11.1. The average molecular weight is 542 g/mol. The number of nitrogens with one attached hydrogen (secondary N) is 4. The van der Waals surface area contributed by atoms with Crippen LogP contribution in [0.15, 0.2) is 60.7 Å². The highest BCUT2D eigenvalue weighted by atomic mass is 16.1. The second-order valence-electron chi connectivity index (χ2n) is 11.1. The summed E-state index contributed by atoms with van der Waals surface area (Å²) in [6.07, 6.45) is 6.08. The highest BCUT2D eigenvalue weighted by molar-refractivity contribution is 6.11. The topological polar surface area (TPSA) is 122 Å². The molecule has 2 aromatic heterocycles. The molecule has 1 aliphatic rings. The molecule has 0 spiro atoms. The number of carbonyl (C=O) groups is 1. The van der Waals surface area contributed by atoms with Gasteiger partial charge in [-0.05, 0) is 64.1 Å². The number of benzene rings is 1. The molecule has 3 heterocycles. The Kier molecular flexibility index (Phi) is 9.11. The smallest absolute Gasteiger partial charge is 0.254 e. The molecule has 1 amide bonds. The maximum Gasteiger partial charge on any atom is 0.254 e. The first-order valence-electron chi connectivity index (χ1n) is 13.5. The van der Waals surface area contributed by atoms with E-state index in [1.165, 1.54) is 6.33 Å². The molecule has 210 valence electrons. The Morgan fingerprint density at radius 3 is 2.45 bits per heavy atom. The van der Waals surface area contributed by atoms with Crippen molar-refractivity contribution in [3.8, 4) is 11.3 Å². The number of likely N-dealkylation sites (N-methyl/N-ethyl adjacent to an activating group) is 1. The molecule has 10 heteroatoms. The molecule has 0 aliphatic carbocycles. The fourth-order valence-corrected chi connectivity index (χ4v) is 4.22. The third kappa shape index (κ3) is 7.86. The first kappa shape index (κ1) is 28.7. The van der Waals surface area contributed by atoms with Gasteiger partial charge in [-0.1, -0.05) is 12.1 Å². The summed E-state index contributed by atoms with van der Waals surface area (Å²) in [5.41, 5.74) is 4.96. The average Bonchev–Trinajstić information content (AvgIpc) is 2.93. The molecule has 1 aromatic carbocycles. The van der Waals surface area contributed by atoms with Crippen molar-refractivity contribution in [3.05, 3.63) is 71.8 Å². The molecule has 0 unspecified atom stereocenters. The van der Waals surface area contributed by atoms with Gasteiger partial charge in [0.1, 0.15) is 18.0 Å². The molecule has 0 atom stereocenters. The van der Waals surface area contributed by atoms with E-state index < -0.39 is 0 Å². The summed E-state index contributed by atoms with van der Waals surface area (Å²) in [6.45, 7) is 12.5. The van der Waals surface area contributed by atoms with Gasteiger partial charge in [-0.25, -0.2) is 15.0 Å². The van der Waals surface area contributed by atoms with E-state index in [4.69, 9.17) is 5.41 Å². The molecule has 10 nitrogen and oxygen atoms in total. The number of anilines is 3. The summed E-state index contributed by atoms with van der Waals surface area (Å²) in [5.74, 6) is 1.08. The first-order chi connectivity index (χ1) is 19.1. The standard InChI is InChI=1S/C30H39N9O/c1-21-14-22(6-7-23(21)17-33-29(40)24(16-31)18-36-30(2,3)4)26-15-28(35-20-34-26)37-27-9-8-25(19-32-27)39-12-10-38(5)11-13-39/h6-9,14-16,18-20,31,36H,10-13,17H2,1-5H3,(H,33,40)(H,32,34,35,37)/b24-18+,31-16?. The zero-order chi connectivity index (χ0) is 28.7. The van der Waals surface area contributed by atoms with Gasteiger partial charge >= 0.3 is 0 Å². The Labute approximate surface area is 236 Å². The molecule has 3 aromatic rings. The maximum absolute atomic E-state index is 12.6. The van der Waals surface area contributed by atoms with E-state index in [9.17, 15) is 4.79 Å². The number of rotatable bonds is 9. The van der Waals surface area contributed by atoms with E-state index in [1.54, 1.807) is 6.20 Å². The summed E-state index contributed by atoms with van der Waals surface area (Å²) in [5, 5.41) is 16.9. The molecule has 40 heavy (non-hydrogen) atoms. The van der Waals surface area contributed by atoms with Crippen molar-refractivity contribution in [2.75, 3.05) is 43.4 Å². The van der Waals surface area contributed by atoms with Crippen molar-refractivity contribution >= 4 is 29.4 Å². The van der Waals surface area contributed by atoms with E-state index in [2.05, 4.69) is 53.8 Å². The van der Waals surface area contributed by atoms with E-state index in [1.807, 2.05) is 64.2 Å². The minimum atomic E-state index is -0.299. The predicted octanol–water partition coefficient (Wildman–Crippen LogP) is 3.88. The van der Waals surface area contributed by atoms with Gasteiger partial charge < -0.3 is 31.2 Å². The first-order valence-corrected chi connectivity index (χ1v) is 13.5. The van der Waals surface area contributed by atoms with Crippen LogP contribution in [0.25, 0.3) is 11.3 Å². The molecule has 4 N–H and O–H groups in total. The number of nitrogens with zero attached hydrogens (tertiary/aromatic N) is 5. The fraction of sp³-hybridized carbons (Fsp3) is 0.367. The molecule has 1 saturated heterocycles. The molecular weight excluding hydrogens is 502 g/mol. The Balaban J connectivity index is 1.38. The summed E-state index contributed by atoms with van der Waals surface area (Å²) in [6, 6.07) is 12.0. The molecule has 1 aliphatic heterocycles. The van der Waals surface area contributed by atoms with Crippen molar-refractivity contribution in [2.45, 2.75) is 39.8 Å². The lowest BCUT2D eigenvalue weighted by molar-refractivity contribution is -0.117. The highest BCUT2D eigenvalue weighted by Crippen LogP contribution is 2.24. The zero-order valence-corrected chi connectivity index (χ0v) is 24.0. The molecule has 0 radical (unpaired) electrons. The minimum Gasteiger partial charge on any atom is -0.386 e. The van der Waals surface area contributed by atoms with Crippen molar-refractivity contribution < 1.29 is 4.79 Å². The Morgan fingerprint density at radius 1 is 1.02 bits per heavy atom. The van der Waals surface area contributed by atoms with Crippen molar-refractivity contribution in [1.82, 2.24) is 30.5 Å². The van der Waals surface area contributed by atoms with Crippen LogP contribution in [0.1, 0.15) is 31.9 Å². The summed E-state index contributed by atoms with van der Waals surface area (Å²) >= 11 is 0. The van der Waals surface area contributed by atoms with Crippen molar-refractivity contribution in [1.29, 1.82) is 5.41 Å². The molecule has 1 fully saturated rings. The van der Waals surface area contributed by atoms with Gasteiger partial charge in [0.2, 0.25) is 0 Å². The van der Waals surface area contributed by atoms with Gasteiger partial charge in [-0.3, -0.25) is 4.79 Å². The SMILES string of the molecule is Cc1cc(-c2cc(Nc3ccc(N4CCN(C)CC4)cn3)ncn2)ccc1CNC(=O)/C(C=N)=C/NC(C)(C)C. The molecule has 4 rings (SSSR count). The lowest BCUT2D eigenvalue weighted by Gasteiger charge is -2.33. The maximum atomic E-state index is 12.6. The van der Waals surface area contributed by atoms with Crippen LogP contribution >= 0.6 is 0 Å². The number of hydrogen-bond donors (Lipinski definition) is 4. The quantitative estimate of drug-likeness (QED) is 0.238. The van der Waals surface area contributed by atoms with Gasteiger partial charge in [0.25, 0.3) is 5.91 Å². The lowest BCUT2D eigenvalue weighted by Crippen LogP contribution is -2.44. The fourth-order valence-electron chi connectivity index (χ4n) is 4.22. The van der Waals surface area contributed by atoms with Crippen molar-refractivity contribution in [2.24, 2.45) is 0 Å². The normalized spacial score (nSPS) is 14.5. The Morgan fingerprint density at radius 2 is 1.80 bits per heavy atom. The van der Waals surface area contributed by atoms with Gasteiger partial charge in [-0.15, -0.1) is 0 Å². The van der Waals surface area contributed by atoms with E-state index >= 15 is 0 Å². The van der Waals surface area contributed by atoms with Crippen LogP contribution in [0.3, 0.4) is 0 Å².